The van der Waals surface area contributed by atoms with Crippen molar-refractivity contribution in [2.45, 2.75) is 25.2 Å². The van der Waals surface area contributed by atoms with Crippen LogP contribution in [0, 0.1) is 0 Å². The summed E-state index contributed by atoms with van der Waals surface area (Å²) in [5, 5.41) is 3.11. The average Bonchev–Trinajstić information content (AvgIpc) is 3.15. The fraction of sp³-hybridized carbons (Fsp3) is 0.381. The van der Waals surface area contributed by atoms with E-state index < -0.39 is 23.8 Å². The fourth-order valence-corrected chi connectivity index (χ4v) is 3.85. The minimum absolute atomic E-state index is 0.00594. The van der Waals surface area contributed by atoms with Crippen LogP contribution in [0.15, 0.2) is 36.4 Å². The van der Waals surface area contributed by atoms with Gasteiger partial charge < -0.3 is 19.7 Å². The van der Waals surface area contributed by atoms with Crippen LogP contribution in [-0.4, -0.2) is 38.3 Å². The van der Waals surface area contributed by atoms with E-state index >= 15 is 0 Å². The van der Waals surface area contributed by atoms with Crippen molar-refractivity contribution in [2.24, 2.45) is 0 Å². The van der Waals surface area contributed by atoms with E-state index in [0.29, 0.717) is 49.2 Å². The van der Waals surface area contributed by atoms with Gasteiger partial charge in [-0.15, -0.1) is 0 Å². The van der Waals surface area contributed by atoms with E-state index in [1.54, 1.807) is 24.3 Å². The Labute approximate surface area is 176 Å². The molecule has 4 rings (SSSR count). The topological polar surface area (TPSA) is 50.8 Å². The summed E-state index contributed by atoms with van der Waals surface area (Å²) in [6.45, 7) is 1.80. The van der Waals surface area contributed by atoms with Crippen LogP contribution in [0.4, 0.5) is 18.9 Å². The van der Waals surface area contributed by atoms with Crippen LogP contribution in [-0.2, 0) is 28.7 Å². The van der Waals surface area contributed by atoms with Crippen LogP contribution in [0.5, 0.6) is 5.75 Å². The zero-order valence-corrected chi connectivity index (χ0v) is 16.7. The maximum Gasteiger partial charge on any atom is 0.416 e. The zero-order valence-electron chi connectivity index (χ0n) is 16.0. The normalized spacial score (nSPS) is 18.7. The predicted octanol–water partition coefficient (Wildman–Crippen LogP) is 3.82. The van der Waals surface area contributed by atoms with E-state index in [-0.39, 0.29) is 12.1 Å². The summed E-state index contributed by atoms with van der Waals surface area (Å²) in [6, 6.07) is 9.25. The van der Waals surface area contributed by atoms with Gasteiger partial charge in [0, 0.05) is 36.8 Å². The highest BCUT2D eigenvalue weighted by molar-refractivity contribution is 6.30. The number of nitrogens with one attached hydrogen (secondary N) is 1. The molecule has 2 aromatic carbocycles. The van der Waals surface area contributed by atoms with Crippen molar-refractivity contribution in [1.82, 2.24) is 5.32 Å². The molecule has 5 nitrogen and oxygen atoms in total. The summed E-state index contributed by atoms with van der Waals surface area (Å²) in [5.41, 5.74) is 0.543. The van der Waals surface area contributed by atoms with Gasteiger partial charge in [0.15, 0.2) is 6.10 Å². The van der Waals surface area contributed by atoms with Crippen molar-refractivity contribution < 1.29 is 27.4 Å². The molecule has 1 saturated heterocycles. The highest BCUT2D eigenvalue weighted by Crippen LogP contribution is 2.35. The summed E-state index contributed by atoms with van der Waals surface area (Å²) in [5.74, 6) is 0.0955. The molecule has 1 unspecified atom stereocenters. The molecule has 9 heteroatoms. The molecular weight excluding hydrogens is 421 g/mol. The van der Waals surface area contributed by atoms with Gasteiger partial charge >= 0.3 is 6.18 Å². The molecule has 2 aromatic rings. The van der Waals surface area contributed by atoms with Gasteiger partial charge in [-0.05, 0) is 41.5 Å². The maximum atomic E-state index is 13.6. The Morgan fingerprint density at radius 1 is 1.17 bits per heavy atom. The van der Waals surface area contributed by atoms with Crippen molar-refractivity contribution in [2.75, 3.05) is 31.2 Å². The molecule has 2 heterocycles. The van der Waals surface area contributed by atoms with Crippen LogP contribution in [0.25, 0.3) is 0 Å². The summed E-state index contributed by atoms with van der Waals surface area (Å²) in [7, 11) is 0. The highest BCUT2D eigenvalue weighted by atomic mass is 35.5. The highest BCUT2D eigenvalue weighted by Gasteiger charge is 2.35. The molecular formula is C21H20ClF3N2O3. The van der Waals surface area contributed by atoms with Gasteiger partial charge in [0.25, 0.3) is 5.91 Å². The van der Waals surface area contributed by atoms with E-state index in [0.717, 1.165) is 11.6 Å². The number of nitrogens with zero attached hydrogens (tertiary/aromatic N) is 1. The molecule has 1 amide bonds. The van der Waals surface area contributed by atoms with Gasteiger partial charge in [-0.3, -0.25) is 4.79 Å². The maximum absolute atomic E-state index is 13.6. The molecule has 0 radical (unpaired) electrons. The Balaban J connectivity index is 1.45. The van der Waals surface area contributed by atoms with E-state index in [1.807, 2.05) is 4.90 Å². The van der Waals surface area contributed by atoms with E-state index in [9.17, 15) is 18.0 Å². The Morgan fingerprint density at radius 2 is 1.93 bits per heavy atom. The van der Waals surface area contributed by atoms with Crippen LogP contribution in [0.3, 0.4) is 0 Å². The number of carbonyl (C=O) groups is 1. The Bertz CT molecular complexity index is 946. The number of rotatable bonds is 4. The van der Waals surface area contributed by atoms with Crippen LogP contribution >= 0.6 is 11.6 Å². The molecule has 1 N–H and O–H groups in total. The van der Waals surface area contributed by atoms with Gasteiger partial charge in [0.05, 0.1) is 18.8 Å². The molecule has 0 saturated carbocycles. The fourth-order valence-electron chi connectivity index (χ4n) is 3.66. The summed E-state index contributed by atoms with van der Waals surface area (Å²) in [6.07, 6.45) is -5.00. The van der Waals surface area contributed by atoms with Crippen molar-refractivity contribution in [3.8, 4) is 5.75 Å². The van der Waals surface area contributed by atoms with E-state index in [2.05, 4.69) is 5.32 Å². The SMILES string of the molecule is O=C(NCc1ccc(N2CCOCC2)cc1C(F)(F)F)C1Cc2cc(Cl)ccc2O1. The van der Waals surface area contributed by atoms with Gasteiger partial charge in [-0.2, -0.15) is 13.2 Å². The molecule has 2 aliphatic heterocycles. The number of alkyl halides is 3. The number of hydrogen-bond donors (Lipinski definition) is 1. The molecule has 2 aliphatic rings. The third-order valence-electron chi connectivity index (χ3n) is 5.22. The average molecular weight is 441 g/mol. The Kier molecular flexibility index (Phi) is 5.79. The van der Waals surface area contributed by atoms with Crippen LogP contribution in [0.2, 0.25) is 5.02 Å². The largest absolute Gasteiger partial charge is 0.480 e. The van der Waals surface area contributed by atoms with Crippen molar-refractivity contribution >= 4 is 23.2 Å². The number of hydrogen-bond acceptors (Lipinski definition) is 4. The Morgan fingerprint density at radius 3 is 2.67 bits per heavy atom. The second kappa shape index (κ2) is 8.35. The lowest BCUT2D eigenvalue weighted by molar-refractivity contribution is -0.138. The first-order valence-corrected chi connectivity index (χ1v) is 9.94. The van der Waals surface area contributed by atoms with Crippen LogP contribution in [0.1, 0.15) is 16.7 Å². The molecule has 1 fully saturated rings. The predicted molar refractivity (Wildman–Crippen MR) is 106 cm³/mol. The smallest absolute Gasteiger partial charge is 0.416 e. The van der Waals surface area contributed by atoms with Crippen LogP contribution < -0.4 is 15.0 Å². The second-order valence-electron chi connectivity index (χ2n) is 7.22. The first kappa shape index (κ1) is 20.8. The third kappa shape index (κ3) is 4.49. The zero-order chi connectivity index (χ0) is 21.3. The quantitative estimate of drug-likeness (QED) is 0.785. The first-order chi connectivity index (χ1) is 14.3. The van der Waals surface area contributed by atoms with Gasteiger partial charge in [0.2, 0.25) is 0 Å². The number of morpholine rings is 1. The first-order valence-electron chi connectivity index (χ1n) is 9.57. The number of halogens is 4. The number of amides is 1. The molecule has 160 valence electrons. The minimum atomic E-state index is -4.53. The van der Waals surface area contributed by atoms with Gasteiger partial charge in [-0.25, -0.2) is 0 Å². The number of anilines is 1. The minimum Gasteiger partial charge on any atom is -0.480 e. The summed E-state index contributed by atoms with van der Waals surface area (Å²) < 4.78 is 51.8. The number of ether oxygens (including phenoxy) is 2. The monoisotopic (exact) mass is 440 g/mol. The number of carbonyl (C=O) groups excluding carboxylic acids is 1. The third-order valence-corrected chi connectivity index (χ3v) is 5.45. The molecule has 0 aromatic heterocycles. The standard InChI is InChI=1S/C21H20ClF3N2O3/c22-15-2-4-18-14(9-15)10-19(30-18)20(28)26-12-13-1-3-16(11-17(13)21(23,24)25)27-5-7-29-8-6-27/h1-4,9,11,19H,5-8,10,12H2,(H,26,28). The molecule has 0 aliphatic carbocycles. The van der Waals surface area contributed by atoms with Gasteiger partial charge in [0.1, 0.15) is 5.75 Å². The lowest BCUT2D eigenvalue weighted by Gasteiger charge is -2.29. The van der Waals surface area contributed by atoms with Crippen molar-refractivity contribution in [1.29, 1.82) is 0 Å². The van der Waals surface area contributed by atoms with Crippen molar-refractivity contribution in [3.05, 3.63) is 58.1 Å². The van der Waals surface area contributed by atoms with Crippen molar-refractivity contribution in [3.63, 3.8) is 0 Å². The van der Waals surface area contributed by atoms with E-state index in [4.69, 9.17) is 21.1 Å². The molecule has 30 heavy (non-hydrogen) atoms. The Hall–Kier alpha value is -2.45. The van der Waals surface area contributed by atoms with E-state index in [1.165, 1.54) is 6.07 Å². The number of benzene rings is 2. The summed E-state index contributed by atoms with van der Waals surface area (Å²) in [4.78, 5) is 14.3. The number of fused-ring (bicyclic) bond motifs is 1. The lowest BCUT2D eigenvalue weighted by Crippen LogP contribution is -2.37. The lowest BCUT2D eigenvalue weighted by atomic mass is 10.0. The molecule has 0 bridgehead atoms. The molecule has 0 spiro atoms. The van der Waals surface area contributed by atoms with Gasteiger partial charge in [-0.1, -0.05) is 17.7 Å². The summed E-state index contributed by atoms with van der Waals surface area (Å²) >= 11 is 5.95. The second-order valence-corrected chi connectivity index (χ2v) is 7.66. The molecule has 1 atom stereocenters.